The third-order valence-corrected chi connectivity index (χ3v) is 3.29. The topological polar surface area (TPSA) is 47.3 Å². The second-order valence-electron chi connectivity index (χ2n) is 3.29. The lowest BCUT2D eigenvalue weighted by atomic mass is 10.1. The molecule has 0 unspecified atom stereocenters. The highest BCUT2D eigenvalue weighted by atomic mass is 79.9. The highest BCUT2D eigenvalue weighted by Gasteiger charge is 2.14. The summed E-state index contributed by atoms with van der Waals surface area (Å²) in [7, 11) is 0. The van der Waals surface area contributed by atoms with E-state index in [1.807, 2.05) is 6.07 Å². The van der Waals surface area contributed by atoms with Gasteiger partial charge < -0.3 is 4.42 Å². The second kappa shape index (κ2) is 4.98. The fourth-order valence-corrected chi connectivity index (χ4v) is 2.95. The van der Waals surface area contributed by atoms with Crippen LogP contribution in [0.4, 0.5) is 0 Å². The molecule has 2 aromatic rings. The molecule has 0 atom stereocenters. The van der Waals surface area contributed by atoms with E-state index >= 15 is 0 Å². The molecule has 0 amide bonds. The highest BCUT2D eigenvalue weighted by Crippen LogP contribution is 2.34. The maximum absolute atomic E-state index is 11.0. The fourth-order valence-electron chi connectivity index (χ4n) is 1.50. The number of rotatable bonds is 3. The molecule has 17 heavy (non-hydrogen) atoms. The van der Waals surface area contributed by atoms with E-state index in [-0.39, 0.29) is 5.76 Å². The Morgan fingerprint density at radius 3 is 2.41 bits per heavy atom. The zero-order chi connectivity index (χ0) is 12.4. The number of hydrogen-bond donors (Lipinski definition) is 0. The van der Waals surface area contributed by atoms with Crippen molar-refractivity contribution in [3.8, 4) is 11.3 Å². The van der Waals surface area contributed by atoms with Crippen LogP contribution in [-0.2, 0) is 0 Å². The Morgan fingerprint density at radius 2 is 1.82 bits per heavy atom. The molecule has 0 aliphatic heterocycles. The second-order valence-corrected chi connectivity index (χ2v) is 5.06. The first kappa shape index (κ1) is 12.3. The van der Waals surface area contributed by atoms with E-state index in [0.29, 0.717) is 23.2 Å². The first-order valence-electron chi connectivity index (χ1n) is 4.65. The van der Waals surface area contributed by atoms with Crippen LogP contribution in [-0.4, -0.2) is 12.6 Å². The maximum Gasteiger partial charge on any atom is 0.185 e. The van der Waals surface area contributed by atoms with E-state index in [2.05, 4.69) is 31.9 Å². The number of hydrogen-bond acceptors (Lipinski definition) is 3. The number of furan rings is 1. The normalized spacial score (nSPS) is 10.2. The molecule has 0 spiro atoms. The summed E-state index contributed by atoms with van der Waals surface area (Å²) in [6.45, 7) is 0. The first-order valence-corrected chi connectivity index (χ1v) is 6.24. The Kier molecular flexibility index (Phi) is 3.59. The minimum atomic E-state index is 0.228. The van der Waals surface area contributed by atoms with Crippen molar-refractivity contribution >= 4 is 44.4 Å². The Labute approximate surface area is 114 Å². The van der Waals surface area contributed by atoms with E-state index in [4.69, 9.17) is 4.42 Å². The van der Waals surface area contributed by atoms with Crippen molar-refractivity contribution in [1.29, 1.82) is 0 Å². The quantitative estimate of drug-likeness (QED) is 0.777. The predicted molar refractivity (Wildman–Crippen MR) is 70.3 cm³/mol. The van der Waals surface area contributed by atoms with Crippen LogP contribution in [0.25, 0.3) is 11.3 Å². The van der Waals surface area contributed by atoms with Gasteiger partial charge in [0, 0.05) is 20.1 Å². The van der Waals surface area contributed by atoms with Crippen LogP contribution in [0.15, 0.2) is 37.6 Å². The minimum Gasteiger partial charge on any atom is -0.453 e. The van der Waals surface area contributed by atoms with Gasteiger partial charge in [-0.25, -0.2) is 0 Å². The fraction of sp³-hybridized carbons (Fsp3) is 0. The molecule has 1 aromatic carbocycles. The third-order valence-electron chi connectivity index (χ3n) is 2.20. The maximum atomic E-state index is 11.0. The van der Waals surface area contributed by atoms with Gasteiger partial charge in [-0.1, -0.05) is 15.9 Å². The summed E-state index contributed by atoms with van der Waals surface area (Å²) in [6.07, 6.45) is 1.37. The Balaban J connectivity index is 2.65. The number of carbonyl (C=O) groups excluding carboxylic acids is 2. The Morgan fingerprint density at radius 1 is 1.06 bits per heavy atom. The van der Waals surface area contributed by atoms with Crippen LogP contribution in [0.1, 0.15) is 20.9 Å². The van der Waals surface area contributed by atoms with E-state index in [9.17, 15) is 9.59 Å². The molecule has 0 saturated heterocycles. The van der Waals surface area contributed by atoms with Crippen LogP contribution >= 0.6 is 31.9 Å². The van der Waals surface area contributed by atoms with E-state index in [1.165, 1.54) is 0 Å². The lowest BCUT2D eigenvalue weighted by Gasteiger charge is -2.05. The van der Waals surface area contributed by atoms with Gasteiger partial charge in [0.05, 0.1) is 0 Å². The lowest BCUT2D eigenvalue weighted by Crippen LogP contribution is -1.88. The van der Waals surface area contributed by atoms with Crippen molar-refractivity contribution in [2.75, 3.05) is 0 Å². The molecule has 0 aliphatic carbocycles. The largest absolute Gasteiger partial charge is 0.453 e. The van der Waals surface area contributed by atoms with E-state index < -0.39 is 0 Å². The molecule has 1 aromatic heterocycles. The monoisotopic (exact) mass is 356 g/mol. The Hall–Kier alpha value is -1.20. The van der Waals surface area contributed by atoms with Crippen LogP contribution in [0.5, 0.6) is 0 Å². The molecule has 3 nitrogen and oxygen atoms in total. The number of halogens is 2. The number of carbonyl (C=O) groups is 2. The highest BCUT2D eigenvalue weighted by molar-refractivity contribution is 9.11. The summed E-state index contributed by atoms with van der Waals surface area (Å²) in [5.41, 5.74) is 1.12. The number of aldehydes is 2. The molecular formula is C12H6Br2O3. The summed E-state index contributed by atoms with van der Waals surface area (Å²) in [5.74, 6) is 0.709. The van der Waals surface area contributed by atoms with Gasteiger partial charge >= 0.3 is 0 Å². The van der Waals surface area contributed by atoms with Crippen molar-refractivity contribution in [2.45, 2.75) is 0 Å². The molecule has 0 saturated carbocycles. The molecule has 0 N–H and O–H groups in total. The van der Waals surface area contributed by atoms with Gasteiger partial charge in [0.1, 0.15) is 5.76 Å². The molecule has 0 bridgehead atoms. The molecule has 1 heterocycles. The van der Waals surface area contributed by atoms with Crippen molar-refractivity contribution in [3.05, 3.63) is 44.5 Å². The van der Waals surface area contributed by atoms with Crippen molar-refractivity contribution in [2.24, 2.45) is 0 Å². The third kappa shape index (κ3) is 2.40. The average molecular weight is 358 g/mol. The van der Waals surface area contributed by atoms with Gasteiger partial charge in [-0.15, -0.1) is 0 Å². The minimum absolute atomic E-state index is 0.228. The van der Waals surface area contributed by atoms with Crippen molar-refractivity contribution < 1.29 is 14.0 Å². The zero-order valence-electron chi connectivity index (χ0n) is 8.44. The SMILES string of the molecule is O=Cc1ccc(-c2c(Br)cc(Br)cc2C=O)o1. The zero-order valence-corrected chi connectivity index (χ0v) is 11.6. The van der Waals surface area contributed by atoms with Crippen molar-refractivity contribution in [3.63, 3.8) is 0 Å². The smallest absolute Gasteiger partial charge is 0.185 e. The van der Waals surface area contributed by atoms with Crippen LogP contribution in [0.2, 0.25) is 0 Å². The predicted octanol–water partition coefficient (Wildman–Crippen LogP) is 4.10. The molecule has 86 valence electrons. The molecule has 2 rings (SSSR count). The average Bonchev–Trinajstić information content (AvgIpc) is 2.76. The van der Waals surface area contributed by atoms with Gasteiger partial charge in [0.2, 0.25) is 0 Å². The summed E-state index contributed by atoms with van der Waals surface area (Å²) >= 11 is 6.67. The van der Waals surface area contributed by atoms with Gasteiger partial charge in [-0.05, 0) is 40.2 Å². The van der Waals surface area contributed by atoms with Gasteiger partial charge in [0.25, 0.3) is 0 Å². The van der Waals surface area contributed by atoms with Crippen LogP contribution in [0, 0.1) is 0 Å². The van der Waals surface area contributed by atoms with E-state index in [1.54, 1.807) is 18.2 Å². The molecule has 5 heteroatoms. The molecule has 0 fully saturated rings. The van der Waals surface area contributed by atoms with Crippen molar-refractivity contribution in [1.82, 2.24) is 0 Å². The molecule has 0 aliphatic rings. The molecular weight excluding hydrogens is 352 g/mol. The Bertz CT molecular complexity index is 587. The summed E-state index contributed by atoms with van der Waals surface area (Å²) in [6, 6.07) is 6.72. The summed E-state index contributed by atoms with van der Waals surface area (Å²) < 4.78 is 6.82. The summed E-state index contributed by atoms with van der Waals surface area (Å²) in [5, 5.41) is 0. The number of benzene rings is 1. The van der Waals surface area contributed by atoms with E-state index in [0.717, 1.165) is 15.2 Å². The van der Waals surface area contributed by atoms with Gasteiger partial charge in [0.15, 0.2) is 18.3 Å². The lowest BCUT2D eigenvalue weighted by molar-refractivity contribution is 0.110. The standard InChI is InChI=1S/C12H6Br2O3/c13-8-3-7(5-15)12(10(14)4-8)11-2-1-9(6-16)17-11/h1-6H. The van der Waals surface area contributed by atoms with Crippen LogP contribution < -0.4 is 0 Å². The summed E-state index contributed by atoms with van der Waals surface area (Å²) in [4.78, 5) is 21.6. The van der Waals surface area contributed by atoms with Crippen LogP contribution in [0.3, 0.4) is 0 Å². The van der Waals surface area contributed by atoms with Gasteiger partial charge in [-0.3, -0.25) is 9.59 Å². The molecule has 0 radical (unpaired) electrons. The van der Waals surface area contributed by atoms with Gasteiger partial charge in [-0.2, -0.15) is 0 Å². The first-order chi connectivity index (χ1) is 8.15.